The molecule has 1 saturated carbocycles. The van der Waals surface area contributed by atoms with Gasteiger partial charge < -0.3 is 10.0 Å². The molecule has 2 fully saturated rings. The lowest BCUT2D eigenvalue weighted by molar-refractivity contribution is -0.0405. The van der Waals surface area contributed by atoms with Crippen molar-refractivity contribution in [3.63, 3.8) is 0 Å². The Morgan fingerprint density at radius 1 is 1.25 bits per heavy atom. The third-order valence-electron chi connectivity index (χ3n) is 3.52. The molecule has 1 aliphatic carbocycles. The highest BCUT2D eigenvalue weighted by Crippen LogP contribution is 2.37. The molecular weight excluding hydrogens is 150 g/mol. The van der Waals surface area contributed by atoms with Gasteiger partial charge in [0, 0.05) is 13.1 Å². The van der Waals surface area contributed by atoms with Crippen LogP contribution in [0.1, 0.15) is 19.8 Å². The van der Waals surface area contributed by atoms with Gasteiger partial charge in [-0.15, -0.1) is 0 Å². The Hall–Kier alpha value is -0.0800. The van der Waals surface area contributed by atoms with E-state index in [1.807, 2.05) is 0 Å². The van der Waals surface area contributed by atoms with Crippen molar-refractivity contribution in [2.75, 3.05) is 20.1 Å². The number of hydrogen-bond acceptors (Lipinski definition) is 2. The highest BCUT2D eigenvalue weighted by atomic mass is 16.3. The molecule has 2 nitrogen and oxygen atoms in total. The van der Waals surface area contributed by atoms with Crippen LogP contribution in [-0.2, 0) is 0 Å². The second-order valence-electron chi connectivity index (χ2n) is 4.79. The van der Waals surface area contributed by atoms with Crippen molar-refractivity contribution in [1.29, 1.82) is 0 Å². The third-order valence-corrected chi connectivity index (χ3v) is 3.52. The third kappa shape index (κ3) is 1.38. The van der Waals surface area contributed by atoms with Crippen molar-refractivity contribution in [3.8, 4) is 0 Å². The molecule has 0 spiro atoms. The van der Waals surface area contributed by atoms with Gasteiger partial charge in [0.05, 0.1) is 6.10 Å². The van der Waals surface area contributed by atoms with Crippen LogP contribution in [0.3, 0.4) is 0 Å². The van der Waals surface area contributed by atoms with Gasteiger partial charge in [-0.2, -0.15) is 0 Å². The minimum absolute atomic E-state index is 0.0380. The van der Waals surface area contributed by atoms with E-state index in [-0.39, 0.29) is 6.10 Å². The molecule has 0 radical (unpaired) electrons. The topological polar surface area (TPSA) is 23.5 Å². The number of rotatable bonds is 0. The molecule has 0 aromatic rings. The Balaban J connectivity index is 2.07. The van der Waals surface area contributed by atoms with E-state index < -0.39 is 0 Å². The van der Waals surface area contributed by atoms with Gasteiger partial charge in [0.1, 0.15) is 0 Å². The maximum absolute atomic E-state index is 9.88. The number of aliphatic hydroxyl groups is 1. The minimum atomic E-state index is -0.0380. The molecule has 4 atom stereocenters. The summed E-state index contributed by atoms with van der Waals surface area (Å²) in [6.07, 6.45) is 2.45. The van der Waals surface area contributed by atoms with Gasteiger partial charge in [0.15, 0.2) is 0 Å². The van der Waals surface area contributed by atoms with Crippen molar-refractivity contribution in [2.45, 2.75) is 25.9 Å². The zero-order valence-corrected chi connectivity index (χ0v) is 8.03. The predicted octanol–water partition coefficient (Wildman–Crippen LogP) is 0.955. The number of hydrogen-bond donors (Lipinski definition) is 1. The lowest BCUT2D eigenvalue weighted by Crippen LogP contribution is -2.49. The predicted molar refractivity (Wildman–Crippen MR) is 48.9 cm³/mol. The maximum atomic E-state index is 9.88. The lowest BCUT2D eigenvalue weighted by atomic mass is 9.71. The molecule has 12 heavy (non-hydrogen) atoms. The zero-order valence-electron chi connectivity index (χ0n) is 8.03. The molecule has 2 heteroatoms. The summed E-state index contributed by atoms with van der Waals surface area (Å²) in [5.41, 5.74) is 0. The van der Waals surface area contributed by atoms with Crippen LogP contribution in [0.15, 0.2) is 0 Å². The van der Waals surface area contributed by atoms with Crippen molar-refractivity contribution in [2.24, 2.45) is 17.8 Å². The average Bonchev–Trinajstić information content (AvgIpc) is 1.99. The maximum Gasteiger partial charge on any atom is 0.0606 e. The van der Waals surface area contributed by atoms with Gasteiger partial charge in [0.2, 0.25) is 0 Å². The lowest BCUT2D eigenvalue weighted by Gasteiger charge is -2.45. The molecule has 0 aromatic carbocycles. The van der Waals surface area contributed by atoms with Gasteiger partial charge in [-0.05, 0) is 37.6 Å². The molecule has 1 saturated heterocycles. The first-order chi connectivity index (χ1) is 5.66. The fourth-order valence-electron chi connectivity index (χ4n) is 3.04. The van der Waals surface area contributed by atoms with E-state index in [1.165, 1.54) is 19.4 Å². The number of aliphatic hydroxyl groups excluding tert-OH is 1. The largest absolute Gasteiger partial charge is 0.393 e. The Bertz CT molecular complexity index is 167. The molecule has 2 aliphatic rings. The smallest absolute Gasteiger partial charge is 0.0606 e. The first-order valence-electron chi connectivity index (χ1n) is 5.03. The molecule has 70 valence electrons. The van der Waals surface area contributed by atoms with Gasteiger partial charge in [-0.25, -0.2) is 0 Å². The second-order valence-corrected chi connectivity index (χ2v) is 4.79. The van der Waals surface area contributed by atoms with Gasteiger partial charge in [0.25, 0.3) is 0 Å². The summed E-state index contributed by atoms with van der Waals surface area (Å²) in [6, 6.07) is 0. The average molecular weight is 169 g/mol. The summed E-state index contributed by atoms with van der Waals surface area (Å²) in [5.74, 6) is 1.94. The fraction of sp³-hybridized carbons (Fsp3) is 1.00. The van der Waals surface area contributed by atoms with Crippen molar-refractivity contribution < 1.29 is 5.11 Å². The van der Waals surface area contributed by atoms with Gasteiger partial charge in [-0.1, -0.05) is 6.92 Å². The van der Waals surface area contributed by atoms with Crippen LogP contribution in [0.2, 0.25) is 0 Å². The SMILES string of the molecule is C[C@@H]1CC2CC(CN(C)C2)[C@H]1O. The van der Waals surface area contributed by atoms with E-state index >= 15 is 0 Å². The number of likely N-dealkylation sites (tertiary alicyclic amines) is 1. The second kappa shape index (κ2) is 3.00. The van der Waals surface area contributed by atoms with E-state index in [0.717, 1.165) is 12.5 Å². The summed E-state index contributed by atoms with van der Waals surface area (Å²) in [6.45, 7) is 4.53. The van der Waals surface area contributed by atoms with Crippen molar-refractivity contribution >= 4 is 0 Å². The van der Waals surface area contributed by atoms with E-state index in [0.29, 0.717) is 11.8 Å². The molecule has 2 bridgehead atoms. The molecule has 0 amide bonds. The summed E-state index contributed by atoms with van der Waals surface area (Å²) >= 11 is 0. The first kappa shape index (κ1) is 8.52. The summed E-state index contributed by atoms with van der Waals surface area (Å²) in [4.78, 5) is 2.37. The number of fused-ring (bicyclic) bond motifs is 2. The summed E-state index contributed by atoms with van der Waals surface area (Å²) in [7, 11) is 2.17. The Morgan fingerprint density at radius 2 is 2.00 bits per heavy atom. The highest BCUT2D eigenvalue weighted by Gasteiger charge is 2.38. The Labute approximate surface area is 74.6 Å². The van der Waals surface area contributed by atoms with Crippen LogP contribution in [0.5, 0.6) is 0 Å². The zero-order chi connectivity index (χ0) is 8.72. The molecule has 2 rings (SSSR count). The van der Waals surface area contributed by atoms with Crippen molar-refractivity contribution in [1.82, 2.24) is 4.90 Å². The number of nitrogens with zero attached hydrogens (tertiary/aromatic N) is 1. The molecule has 1 heterocycles. The summed E-state index contributed by atoms with van der Waals surface area (Å²) < 4.78 is 0. The van der Waals surface area contributed by atoms with E-state index in [1.54, 1.807) is 0 Å². The fourth-order valence-corrected chi connectivity index (χ4v) is 3.04. The van der Waals surface area contributed by atoms with Crippen molar-refractivity contribution in [3.05, 3.63) is 0 Å². The molecular formula is C10H19NO. The highest BCUT2D eigenvalue weighted by molar-refractivity contribution is 4.90. The van der Waals surface area contributed by atoms with Gasteiger partial charge in [-0.3, -0.25) is 0 Å². The van der Waals surface area contributed by atoms with Crippen LogP contribution in [0.4, 0.5) is 0 Å². The van der Waals surface area contributed by atoms with E-state index in [9.17, 15) is 5.11 Å². The standard InChI is InChI=1S/C10H19NO/c1-7-3-8-4-9(10(7)12)6-11(2)5-8/h7-10,12H,3-6H2,1-2H3/t7-,8?,9?,10+/m1/s1. The quantitative estimate of drug-likeness (QED) is 0.584. The summed E-state index contributed by atoms with van der Waals surface area (Å²) in [5, 5.41) is 9.88. The van der Waals surface area contributed by atoms with Crippen LogP contribution in [0.25, 0.3) is 0 Å². The van der Waals surface area contributed by atoms with Crippen LogP contribution < -0.4 is 0 Å². The molecule has 0 aromatic heterocycles. The van der Waals surface area contributed by atoms with E-state index in [4.69, 9.17) is 0 Å². The molecule has 2 unspecified atom stereocenters. The van der Waals surface area contributed by atoms with E-state index in [2.05, 4.69) is 18.9 Å². The van der Waals surface area contributed by atoms with Crippen LogP contribution in [-0.4, -0.2) is 36.2 Å². The Morgan fingerprint density at radius 3 is 2.75 bits per heavy atom. The van der Waals surface area contributed by atoms with Crippen LogP contribution in [0, 0.1) is 17.8 Å². The van der Waals surface area contributed by atoms with Crippen LogP contribution >= 0.6 is 0 Å². The monoisotopic (exact) mass is 169 g/mol. The number of piperidine rings is 1. The minimum Gasteiger partial charge on any atom is -0.393 e. The molecule has 1 N–H and O–H groups in total. The molecule has 1 aliphatic heterocycles. The first-order valence-corrected chi connectivity index (χ1v) is 5.03. The van der Waals surface area contributed by atoms with Gasteiger partial charge >= 0.3 is 0 Å². The normalized spacial score (nSPS) is 49.2. The Kier molecular flexibility index (Phi) is 2.13.